The highest BCUT2D eigenvalue weighted by Crippen LogP contribution is 2.26. The Labute approximate surface area is 156 Å². The van der Waals surface area contributed by atoms with Crippen molar-refractivity contribution in [1.29, 1.82) is 0 Å². The molecule has 0 bridgehead atoms. The highest BCUT2D eigenvalue weighted by atomic mass is 19.1. The van der Waals surface area contributed by atoms with Crippen LogP contribution in [-0.4, -0.2) is 17.9 Å². The predicted molar refractivity (Wildman–Crippen MR) is 97.8 cm³/mol. The molecule has 0 saturated carbocycles. The number of halogens is 2. The Hall–Kier alpha value is -2.80. The van der Waals surface area contributed by atoms with Crippen molar-refractivity contribution in [2.24, 2.45) is 0 Å². The number of benzene rings is 2. The van der Waals surface area contributed by atoms with Gasteiger partial charge in [0, 0.05) is 37.7 Å². The quantitative estimate of drug-likeness (QED) is 0.755. The van der Waals surface area contributed by atoms with Crippen LogP contribution in [0.2, 0.25) is 0 Å². The van der Waals surface area contributed by atoms with E-state index >= 15 is 0 Å². The molecule has 0 unspecified atom stereocenters. The van der Waals surface area contributed by atoms with Crippen LogP contribution in [0.1, 0.15) is 36.9 Å². The topological polar surface area (TPSA) is 70.2 Å². The molecule has 27 heavy (non-hydrogen) atoms. The molecule has 7 heteroatoms. The molecule has 2 aromatic rings. The Morgan fingerprint density at radius 1 is 1.15 bits per heavy atom. The van der Waals surface area contributed by atoms with E-state index in [0.29, 0.717) is 30.6 Å². The number of anilines is 1. The average Bonchev–Trinajstić information content (AvgIpc) is 2.60. The second-order valence-corrected chi connectivity index (χ2v) is 6.65. The van der Waals surface area contributed by atoms with Gasteiger partial charge in [-0.05, 0) is 41.8 Å². The van der Waals surface area contributed by atoms with Crippen molar-refractivity contribution in [3.8, 4) is 0 Å². The van der Waals surface area contributed by atoms with E-state index < -0.39 is 17.7 Å². The van der Waals surface area contributed by atoms with E-state index in [0.717, 1.165) is 11.6 Å². The molecule has 2 atom stereocenters. The van der Waals surface area contributed by atoms with Gasteiger partial charge >= 0.3 is 0 Å². The zero-order valence-electron chi connectivity index (χ0n) is 14.9. The van der Waals surface area contributed by atoms with Crippen molar-refractivity contribution in [3.63, 3.8) is 0 Å². The number of carbonyl (C=O) groups excluding carboxylic acids is 2. The van der Waals surface area contributed by atoms with Crippen LogP contribution in [0.15, 0.2) is 42.5 Å². The lowest BCUT2D eigenvalue weighted by molar-refractivity contribution is -0.124. The van der Waals surface area contributed by atoms with Crippen LogP contribution >= 0.6 is 0 Å². The maximum atomic E-state index is 13.6. The monoisotopic (exact) mass is 373 g/mol. The van der Waals surface area contributed by atoms with Crippen molar-refractivity contribution < 1.29 is 18.4 Å². The fraction of sp³-hybridized carbons (Fsp3) is 0.300. The van der Waals surface area contributed by atoms with Crippen LogP contribution in [0.4, 0.5) is 14.5 Å². The molecule has 0 spiro atoms. The number of hydrogen-bond acceptors (Lipinski definition) is 3. The molecule has 3 N–H and O–H groups in total. The molecule has 1 aliphatic rings. The van der Waals surface area contributed by atoms with Crippen molar-refractivity contribution in [2.75, 3.05) is 5.32 Å². The highest BCUT2D eigenvalue weighted by Gasteiger charge is 2.30. The third kappa shape index (κ3) is 5.10. The molecule has 2 amide bonds. The Bertz CT molecular complexity index is 819. The second kappa shape index (κ2) is 8.26. The maximum Gasteiger partial charge on any atom is 0.221 e. The van der Waals surface area contributed by atoms with Crippen molar-refractivity contribution in [2.45, 2.75) is 38.4 Å². The van der Waals surface area contributed by atoms with Gasteiger partial charge < -0.3 is 16.0 Å². The molecule has 0 aliphatic carbocycles. The highest BCUT2D eigenvalue weighted by molar-refractivity contribution is 5.88. The number of carbonyl (C=O) groups is 2. The van der Waals surface area contributed by atoms with E-state index in [2.05, 4.69) is 16.0 Å². The SMILES string of the molecule is CC(=O)Nc1ccc(CN[C@@H]2CCC(=O)N[C@H]2c2cc(F)cc(F)c2)cc1. The number of rotatable bonds is 5. The van der Waals surface area contributed by atoms with E-state index in [1.807, 2.05) is 12.1 Å². The molecule has 0 aromatic heterocycles. The molecule has 1 aliphatic heterocycles. The number of piperidine rings is 1. The third-order valence-electron chi connectivity index (χ3n) is 4.49. The van der Waals surface area contributed by atoms with Crippen molar-refractivity contribution in [3.05, 3.63) is 65.2 Å². The van der Waals surface area contributed by atoms with E-state index in [1.165, 1.54) is 19.1 Å². The molecular formula is C20H21F2N3O2. The minimum atomic E-state index is -0.669. The summed E-state index contributed by atoms with van der Waals surface area (Å²) in [7, 11) is 0. The summed E-state index contributed by atoms with van der Waals surface area (Å²) < 4.78 is 27.2. The zero-order chi connectivity index (χ0) is 19.4. The zero-order valence-corrected chi connectivity index (χ0v) is 14.9. The van der Waals surface area contributed by atoms with Gasteiger partial charge in [0.25, 0.3) is 0 Å². The van der Waals surface area contributed by atoms with E-state index in [1.54, 1.807) is 12.1 Å². The van der Waals surface area contributed by atoms with Crippen molar-refractivity contribution in [1.82, 2.24) is 10.6 Å². The molecule has 3 rings (SSSR count). The minimum Gasteiger partial charge on any atom is -0.348 e. The first-order valence-corrected chi connectivity index (χ1v) is 8.76. The lowest BCUT2D eigenvalue weighted by atomic mass is 9.91. The summed E-state index contributed by atoms with van der Waals surface area (Å²) >= 11 is 0. The van der Waals surface area contributed by atoms with Crippen LogP contribution in [-0.2, 0) is 16.1 Å². The smallest absolute Gasteiger partial charge is 0.221 e. The van der Waals surface area contributed by atoms with E-state index in [4.69, 9.17) is 0 Å². The average molecular weight is 373 g/mol. The molecule has 2 aromatic carbocycles. The van der Waals surface area contributed by atoms with Gasteiger partial charge in [-0.1, -0.05) is 12.1 Å². The molecule has 1 saturated heterocycles. The first kappa shape index (κ1) is 19.0. The van der Waals surface area contributed by atoms with Gasteiger partial charge in [-0.2, -0.15) is 0 Å². The van der Waals surface area contributed by atoms with E-state index in [9.17, 15) is 18.4 Å². The normalized spacial score (nSPS) is 19.4. The second-order valence-electron chi connectivity index (χ2n) is 6.65. The fourth-order valence-corrected chi connectivity index (χ4v) is 3.25. The minimum absolute atomic E-state index is 0.135. The third-order valence-corrected chi connectivity index (χ3v) is 4.49. The predicted octanol–water partition coefficient (Wildman–Crippen LogP) is 3.03. The van der Waals surface area contributed by atoms with Gasteiger partial charge in [-0.3, -0.25) is 9.59 Å². The summed E-state index contributed by atoms with van der Waals surface area (Å²) in [6.45, 7) is 1.97. The summed E-state index contributed by atoms with van der Waals surface area (Å²) in [6.07, 6.45) is 0.923. The molecular weight excluding hydrogens is 352 g/mol. The first-order valence-electron chi connectivity index (χ1n) is 8.76. The molecule has 142 valence electrons. The van der Waals surface area contributed by atoms with Gasteiger partial charge in [-0.25, -0.2) is 8.78 Å². The lowest BCUT2D eigenvalue weighted by Gasteiger charge is -2.33. The standard InChI is InChI=1S/C20H21F2N3O2/c1-12(26)24-17-4-2-13(3-5-17)11-23-18-6-7-19(27)25-20(18)14-8-15(21)10-16(22)9-14/h2-5,8-10,18,20,23H,6-7,11H2,1H3,(H,24,26)(H,25,27)/t18-,20+/m1/s1. The van der Waals surface area contributed by atoms with Crippen LogP contribution in [0.25, 0.3) is 0 Å². The Morgan fingerprint density at radius 2 is 1.81 bits per heavy atom. The van der Waals surface area contributed by atoms with Gasteiger partial charge in [0.05, 0.1) is 6.04 Å². The largest absolute Gasteiger partial charge is 0.348 e. The van der Waals surface area contributed by atoms with Crippen LogP contribution < -0.4 is 16.0 Å². The van der Waals surface area contributed by atoms with Gasteiger partial charge in [0.1, 0.15) is 11.6 Å². The Morgan fingerprint density at radius 3 is 2.44 bits per heavy atom. The lowest BCUT2D eigenvalue weighted by Crippen LogP contribution is -2.48. The molecule has 1 fully saturated rings. The number of hydrogen-bond donors (Lipinski definition) is 3. The molecule has 0 radical (unpaired) electrons. The number of nitrogens with one attached hydrogen (secondary N) is 3. The summed E-state index contributed by atoms with van der Waals surface area (Å²) in [5.41, 5.74) is 2.11. The summed E-state index contributed by atoms with van der Waals surface area (Å²) in [6, 6.07) is 10.0. The Balaban J connectivity index is 1.70. The van der Waals surface area contributed by atoms with Crippen LogP contribution in [0.3, 0.4) is 0 Å². The summed E-state index contributed by atoms with van der Waals surface area (Å²) in [4.78, 5) is 22.9. The van der Waals surface area contributed by atoms with Gasteiger partial charge in [0.2, 0.25) is 11.8 Å². The fourth-order valence-electron chi connectivity index (χ4n) is 3.25. The van der Waals surface area contributed by atoms with E-state index in [-0.39, 0.29) is 17.9 Å². The summed E-state index contributed by atoms with van der Waals surface area (Å²) in [5.74, 6) is -1.61. The van der Waals surface area contributed by atoms with Gasteiger partial charge in [0.15, 0.2) is 0 Å². The summed E-state index contributed by atoms with van der Waals surface area (Å²) in [5, 5.41) is 8.88. The molecule has 1 heterocycles. The van der Waals surface area contributed by atoms with Crippen molar-refractivity contribution >= 4 is 17.5 Å². The molecule has 5 nitrogen and oxygen atoms in total. The maximum absolute atomic E-state index is 13.6. The first-order chi connectivity index (χ1) is 12.9. The Kier molecular flexibility index (Phi) is 5.81. The van der Waals surface area contributed by atoms with Crippen LogP contribution in [0, 0.1) is 11.6 Å². The van der Waals surface area contributed by atoms with Gasteiger partial charge in [-0.15, -0.1) is 0 Å². The number of amides is 2. The van der Waals surface area contributed by atoms with Crippen LogP contribution in [0.5, 0.6) is 0 Å².